The van der Waals surface area contributed by atoms with Gasteiger partial charge in [0.1, 0.15) is 5.75 Å². The normalized spacial score (nSPS) is 12.7. The number of amides is 1. The van der Waals surface area contributed by atoms with Crippen LogP contribution in [0.2, 0.25) is 5.02 Å². The molecule has 0 saturated carbocycles. The number of para-hydroxylation sites is 2. The predicted molar refractivity (Wildman–Crippen MR) is 128 cm³/mol. The van der Waals surface area contributed by atoms with Gasteiger partial charge in [0.25, 0.3) is 15.9 Å². The lowest BCUT2D eigenvalue weighted by molar-refractivity contribution is -0.118. The molecule has 4 rings (SSSR count). The monoisotopic (exact) mass is 500 g/mol. The van der Waals surface area contributed by atoms with Crippen molar-refractivity contribution in [3.8, 4) is 5.75 Å². The van der Waals surface area contributed by atoms with Crippen molar-refractivity contribution in [1.29, 1.82) is 0 Å². The van der Waals surface area contributed by atoms with E-state index in [-0.39, 0.29) is 26.9 Å². The van der Waals surface area contributed by atoms with Gasteiger partial charge < -0.3 is 14.8 Å². The van der Waals surface area contributed by atoms with Crippen molar-refractivity contribution in [3.63, 3.8) is 0 Å². The van der Waals surface area contributed by atoms with Crippen molar-refractivity contribution in [2.45, 2.75) is 11.3 Å². The van der Waals surface area contributed by atoms with E-state index in [1.54, 1.807) is 30.3 Å². The second-order valence-electron chi connectivity index (χ2n) is 7.42. The molecular weight excluding hydrogens is 480 g/mol. The highest BCUT2D eigenvalue weighted by atomic mass is 35.5. The summed E-state index contributed by atoms with van der Waals surface area (Å²) in [7, 11) is -2.56. The Morgan fingerprint density at radius 3 is 2.56 bits per heavy atom. The number of anilines is 2. The van der Waals surface area contributed by atoms with Crippen LogP contribution in [0.3, 0.4) is 0 Å². The molecule has 176 valence electrons. The number of ether oxygens (including phenoxy) is 2. The van der Waals surface area contributed by atoms with Gasteiger partial charge in [0, 0.05) is 6.54 Å². The first kappa shape index (κ1) is 23.6. The summed E-state index contributed by atoms with van der Waals surface area (Å²) in [5.41, 5.74) is 2.11. The molecule has 0 radical (unpaired) electrons. The van der Waals surface area contributed by atoms with Crippen LogP contribution in [0, 0.1) is 0 Å². The molecule has 0 atom stereocenters. The zero-order valence-electron chi connectivity index (χ0n) is 18.2. The molecule has 0 fully saturated rings. The van der Waals surface area contributed by atoms with E-state index in [4.69, 9.17) is 21.1 Å². The van der Waals surface area contributed by atoms with E-state index in [2.05, 4.69) is 5.32 Å². The number of nitrogens with one attached hydrogen (secondary N) is 1. The quantitative estimate of drug-likeness (QED) is 0.494. The molecule has 10 heteroatoms. The molecule has 1 amide bonds. The Hall–Kier alpha value is -3.56. The average molecular weight is 501 g/mol. The summed E-state index contributed by atoms with van der Waals surface area (Å²) >= 11 is 6.27. The summed E-state index contributed by atoms with van der Waals surface area (Å²) in [5.74, 6) is -0.964. The Kier molecular flexibility index (Phi) is 6.76. The summed E-state index contributed by atoms with van der Waals surface area (Å²) < 4.78 is 37.9. The van der Waals surface area contributed by atoms with Gasteiger partial charge in [0.2, 0.25) is 0 Å². The molecule has 1 aliphatic heterocycles. The van der Waals surface area contributed by atoms with E-state index in [0.717, 1.165) is 5.56 Å². The van der Waals surface area contributed by atoms with Gasteiger partial charge >= 0.3 is 5.97 Å². The van der Waals surface area contributed by atoms with Gasteiger partial charge in [0.15, 0.2) is 6.61 Å². The van der Waals surface area contributed by atoms with Crippen molar-refractivity contribution >= 4 is 44.9 Å². The van der Waals surface area contributed by atoms with Gasteiger partial charge in [-0.25, -0.2) is 13.2 Å². The van der Waals surface area contributed by atoms with E-state index in [1.807, 2.05) is 12.1 Å². The second-order valence-corrected chi connectivity index (χ2v) is 9.69. The van der Waals surface area contributed by atoms with Crippen LogP contribution < -0.4 is 14.4 Å². The van der Waals surface area contributed by atoms with Gasteiger partial charge in [0.05, 0.1) is 34.0 Å². The maximum Gasteiger partial charge on any atom is 0.339 e. The molecule has 0 aromatic heterocycles. The zero-order chi connectivity index (χ0) is 24.3. The molecule has 8 nitrogen and oxygen atoms in total. The Morgan fingerprint density at radius 1 is 1.06 bits per heavy atom. The van der Waals surface area contributed by atoms with Gasteiger partial charge in [-0.3, -0.25) is 9.10 Å². The Labute approximate surface area is 202 Å². The standard InChI is InChI=1S/C24H21ClN2O6S/c1-32-24(29)18-7-3-4-8-20(18)26-23(28)15-33-22-11-10-17(14-19(22)25)34(30,31)27-13-12-16-6-2-5-9-21(16)27/h2-11,14H,12-13,15H2,1H3,(H,26,28). The molecular formula is C24H21ClN2O6S. The minimum absolute atomic E-state index is 0.0259. The molecule has 3 aromatic carbocycles. The lowest BCUT2D eigenvalue weighted by Gasteiger charge is -2.20. The number of benzene rings is 3. The number of esters is 1. The Bertz CT molecular complexity index is 1360. The van der Waals surface area contributed by atoms with E-state index in [1.165, 1.54) is 35.7 Å². The molecule has 0 unspecified atom stereocenters. The highest BCUT2D eigenvalue weighted by Crippen LogP contribution is 2.35. The molecule has 1 heterocycles. The fourth-order valence-corrected chi connectivity index (χ4v) is 5.48. The summed E-state index contributed by atoms with van der Waals surface area (Å²) in [6.45, 7) is -0.0500. The van der Waals surface area contributed by atoms with Crippen LogP contribution >= 0.6 is 11.6 Å². The largest absolute Gasteiger partial charge is 0.482 e. The van der Waals surface area contributed by atoms with Crippen molar-refractivity contribution < 1.29 is 27.5 Å². The fourth-order valence-electron chi connectivity index (χ4n) is 3.65. The van der Waals surface area contributed by atoms with Crippen molar-refractivity contribution in [2.75, 3.05) is 29.9 Å². The highest BCUT2D eigenvalue weighted by molar-refractivity contribution is 7.92. The van der Waals surface area contributed by atoms with Gasteiger partial charge in [-0.1, -0.05) is 41.9 Å². The van der Waals surface area contributed by atoms with Crippen LogP contribution in [0.1, 0.15) is 15.9 Å². The van der Waals surface area contributed by atoms with Crippen LogP contribution in [0.25, 0.3) is 0 Å². The third-order valence-corrected chi connectivity index (χ3v) is 7.41. The van der Waals surface area contributed by atoms with Crippen LogP contribution in [0.5, 0.6) is 5.75 Å². The average Bonchev–Trinajstić information content (AvgIpc) is 3.28. The van der Waals surface area contributed by atoms with E-state index < -0.39 is 28.5 Å². The lowest BCUT2D eigenvalue weighted by atomic mass is 10.2. The van der Waals surface area contributed by atoms with Crippen LogP contribution in [0.4, 0.5) is 11.4 Å². The third kappa shape index (κ3) is 4.71. The van der Waals surface area contributed by atoms with Crippen molar-refractivity contribution in [1.82, 2.24) is 0 Å². The minimum Gasteiger partial charge on any atom is -0.482 e. The van der Waals surface area contributed by atoms with Crippen LogP contribution in [-0.2, 0) is 26.0 Å². The van der Waals surface area contributed by atoms with Gasteiger partial charge in [-0.05, 0) is 48.4 Å². The predicted octanol–water partition coefficient (Wildman–Crippen LogP) is 3.90. The van der Waals surface area contributed by atoms with Gasteiger partial charge in [-0.2, -0.15) is 0 Å². The number of hydrogen-bond donors (Lipinski definition) is 1. The Morgan fingerprint density at radius 2 is 1.79 bits per heavy atom. The SMILES string of the molecule is COC(=O)c1ccccc1NC(=O)COc1ccc(S(=O)(=O)N2CCc3ccccc32)cc1Cl. The maximum atomic E-state index is 13.2. The number of fused-ring (bicyclic) bond motifs is 1. The van der Waals surface area contributed by atoms with Crippen molar-refractivity contribution in [3.05, 3.63) is 82.9 Å². The number of halogens is 1. The molecule has 0 bridgehead atoms. The smallest absolute Gasteiger partial charge is 0.339 e. The first-order valence-corrected chi connectivity index (χ1v) is 12.1. The zero-order valence-corrected chi connectivity index (χ0v) is 19.7. The van der Waals surface area contributed by atoms with Crippen molar-refractivity contribution in [2.24, 2.45) is 0 Å². The lowest BCUT2D eigenvalue weighted by Crippen LogP contribution is -2.29. The number of carbonyl (C=O) groups excluding carboxylic acids is 2. The summed E-state index contributed by atoms with van der Waals surface area (Å²) in [6.07, 6.45) is 0.637. The number of sulfonamides is 1. The van der Waals surface area contributed by atoms with E-state index >= 15 is 0 Å². The first-order valence-electron chi connectivity index (χ1n) is 10.3. The molecule has 3 aromatic rings. The number of carbonyl (C=O) groups is 2. The topological polar surface area (TPSA) is 102 Å². The molecule has 1 aliphatic rings. The van der Waals surface area contributed by atoms with Crippen LogP contribution in [-0.4, -0.2) is 40.6 Å². The third-order valence-electron chi connectivity index (χ3n) is 5.30. The number of rotatable bonds is 7. The molecule has 0 saturated heterocycles. The highest BCUT2D eigenvalue weighted by Gasteiger charge is 2.31. The summed E-state index contributed by atoms with van der Waals surface area (Å²) in [6, 6.07) is 17.9. The van der Waals surface area contributed by atoms with Crippen LogP contribution in [0.15, 0.2) is 71.6 Å². The Balaban J connectivity index is 1.45. The summed E-state index contributed by atoms with van der Waals surface area (Å²) in [5, 5.41) is 2.64. The number of nitrogens with zero attached hydrogens (tertiary/aromatic N) is 1. The second kappa shape index (κ2) is 9.74. The molecule has 0 aliphatic carbocycles. The minimum atomic E-state index is -3.81. The first-order chi connectivity index (χ1) is 16.3. The van der Waals surface area contributed by atoms with E-state index in [9.17, 15) is 18.0 Å². The summed E-state index contributed by atoms with van der Waals surface area (Å²) in [4.78, 5) is 24.2. The molecule has 34 heavy (non-hydrogen) atoms. The number of hydrogen-bond acceptors (Lipinski definition) is 6. The van der Waals surface area contributed by atoms with E-state index in [0.29, 0.717) is 18.7 Å². The maximum absolute atomic E-state index is 13.2. The molecule has 0 spiro atoms. The number of methoxy groups -OCH3 is 1. The van der Waals surface area contributed by atoms with Gasteiger partial charge in [-0.15, -0.1) is 0 Å². The molecule has 1 N–H and O–H groups in total. The fraction of sp³-hybridized carbons (Fsp3) is 0.167.